The molecule has 90 valence electrons. The van der Waals surface area contributed by atoms with Crippen molar-refractivity contribution in [3.63, 3.8) is 0 Å². The number of nitrogen functional groups attached to an aromatic ring is 1. The number of rotatable bonds is 2. The minimum Gasteiger partial charge on any atom is -0.383 e. The maximum atomic E-state index is 6.16. The van der Waals surface area contributed by atoms with Gasteiger partial charge in [0.25, 0.3) is 0 Å². The van der Waals surface area contributed by atoms with Gasteiger partial charge in [0.15, 0.2) is 0 Å². The summed E-state index contributed by atoms with van der Waals surface area (Å²) >= 11 is 0. The van der Waals surface area contributed by atoms with Gasteiger partial charge in [-0.2, -0.15) is 5.10 Å². The molecular formula is C14H19N3. The number of hydrogen-bond donors (Lipinski definition) is 1. The van der Waals surface area contributed by atoms with Crippen LogP contribution in [0.1, 0.15) is 36.5 Å². The van der Waals surface area contributed by atoms with E-state index in [1.807, 2.05) is 10.9 Å². The number of aryl methyl sites for hydroxylation is 2. The molecule has 0 unspecified atom stereocenters. The molecule has 0 saturated heterocycles. The fraction of sp³-hybridized carbons (Fsp3) is 0.357. The van der Waals surface area contributed by atoms with Crippen LogP contribution in [-0.2, 0) is 0 Å². The molecule has 1 aromatic carbocycles. The second kappa shape index (κ2) is 4.24. The zero-order chi connectivity index (χ0) is 12.6. The van der Waals surface area contributed by atoms with Gasteiger partial charge < -0.3 is 5.73 Å². The number of nitrogens with two attached hydrogens (primary N) is 1. The van der Waals surface area contributed by atoms with E-state index in [4.69, 9.17) is 5.73 Å². The summed E-state index contributed by atoms with van der Waals surface area (Å²) < 4.78 is 1.83. The molecule has 0 aliphatic heterocycles. The summed E-state index contributed by atoms with van der Waals surface area (Å²) in [6.07, 6.45) is 1.86. The lowest BCUT2D eigenvalue weighted by atomic mass is 10.1. The highest BCUT2D eigenvalue weighted by Gasteiger charge is 2.13. The molecule has 3 nitrogen and oxygen atoms in total. The van der Waals surface area contributed by atoms with Gasteiger partial charge in [-0.1, -0.05) is 26.0 Å². The lowest BCUT2D eigenvalue weighted by Gasteiger charge is -2.10. The molecule has 17 heavy (non-hydrogen) atoms. The van der Waals surface area contributed by atoms with Crippen LogP contribution in [0.4, 0.5) is 5.82 Å². The van der Waals surface area contributed by atoms with Gasteiger partial charge in [0.2, 0.25) is 0 Å². The van der Waals surface area contributed by atoms with E-state index in [0.29, 0.717) is 5.92 Å². The monoisotopic (exact) mass is 229 g/mol. The molecule has 0 spiro atoms. The molecular weight excluding hydrogens is 210 g/mol. The minimum atomic E-state index is 0.397. The average Bonchev–Trinajstić information content (AvgIpc) is 2.64. The number of aromatic nitrogens is 2. The molecule has 0 bridgehead atoms. The van der Waals surface area contributed by atoms with E-state index in [2.05, 4.69) is 51.0 Å². The lowest BCUT2D eigenvalue weighted by Crippen LogP contribution is -2.05. The van der Waals surface area contributed by atoms with E-state index in [0.717, 1.165) is 17.1 Å². The first-order chi connectivity index (χ1) is 8.00. The fourth-order valence-electron chi connectivity index (χ4n) is 1.95. The second-order valence-corrected chi connectivity index (χ2v) is 4.84. The van der Waals surface area contributed by atoms with Crippen molar-refractivity contribution in [1.29, 1.82) is 0 Å². The summed E-state index contributed by atoms with van der Waals surface area (Å²) in [5, 5.41) is 4.40. The number of hydrogen-bond acceptors (Lipinski definition) is 2. The first-order valence-corrected chi connectivity index (χ1v) is 5.91. The predicted molar refractivity (Wildman–Crippen MR) is 71.5 cm³/mol. The lowest BCUT2D eigenvalue weighted by molar-refractivity contribution is 0.865. The molecule has 2 aromatic rings. The van der Waals surface area contributed by atoms with Crippen LogP contribution in [0.5, 0.6) is 0 Å². The largest absolute Gasteiger partial charge is 0.383 e. The fourth-order valence-corrected chi connectivity index (χ4v) is 1.95. The molecule has 0 radical (unpaired) electrons. The van der Waals surface area contributed by atoms with E-state index in [1.54, 1.807) is 0 Å². The van der Waals surface area contributed by atoms with Gasteiger partial charge in [0.1, 0.15) is 5.82 Å². The summed E-state index contributed by atoms with van der Waals surface area (Å²) in [6, 6.07) is 6.31. The van der Waals surface area contributed by atoms with Crippen molar-refractivity contribution in [1.82, 2.24) is 9.78 Å². The Morgan fingerprint density at radius 1 is 1.24 bits per heavy atom. The quantitative estimate of drug-likeness (QED) is 0.859. The van der Waals surface area contributed by atoms with Crippen LogP contribution >= 0.6 is 0 Å². The van der Waals surface area contributed by atoms with E-state index in [9.17, 15) is 0 Å². The van der Waals surface area contributed by atoms with Crippen LogP contribution in [-0.4, -0.2) is 9.78 Å². The Morgan fingerprint density at radius 3 is 2.53 bits per heavy atom. The molecule has 3 heteroatoms. The third-order valence-corrected chi connectivity index (χ3v) is 3.05. The zero-order valence-corrected chi connectivity index (χ0v) is 10.9. The third-order valence-electron chi connectivity index (χ3n) is 3.05. The number of nitrogens with zero attached hydrogens (tertiary/aromatic N) is 2. The predicted octanol–water partition coefficient (Wildman–Crippen LogP) is 3.19. The summed E-state index contributed by atoms with van der Waals surface area (Å²) in [7, 11) is 0. The number of anilines is 1. The van der Waals surface area contributed by atoms with Crippen LogP contribution < -0.4 is 5.73 Å². The SMILES string of the molecule is Cc1ccc(C)c(-n2ncc(C(C)C)c2N)c1. The molecule has 0 aliphatic carbocycles. The molecule has 2 N–H and O–H groups in total. The van der Waals surface area contributed by atoms with Crippen molar-refractivity contribution in [3.8, 4) is 5.69 Å². The first kappa shape index (κ1) is 11.7. The van der Waals surface area contributed by atoms with Crippen LogP contribution in [0, 0.1) is 13.8 Å². The highest BCUT2D eigenvalue weighted by atomic mass is 15.3. The minimum absolute atomic E-state index is 0.397. The van der Waals surface area contributed by atoms with Crippen molar-refractivity contribution in [2.45, 2.75) is 33.6 Å². The van der Waals surface area contributed by atoms with Gasteiger partial charge in [-0.3, -0.25) is 0 Å². The zero-order valence-electron chi connectivity index (χ0n) is 10.9. The molecule has 0 fully saturated rings. The maximum Gasteiger partial charge on any atom is 0.130 e. The topological polar surface area (TPSA) is 43.8 Å². The molecule has 0 saturated carbocycles. The van der Waals surface area contributed by atoms with E-state index in [-0.39, 0.29) is 0 Å². The van der Waals surface area contributed by atoms with Gasteiger partial charge in [-0.05, 0) is 37.0 Å². The van der Waals surface area contributed by atoms with Crippen molar-refractivity contribution in [2.24, 2.45) is 0 Å². The Labute approximate surface area is 102 Å². The van der Waals surface area contributed by atoms with Gasteiger partial charge in [0.05, 0.1) is 11.9 Å². The first-order valence-electron chi connectivity index (χ1n) is 5.91. The van der Waals surface area contributed by atoms with E-state index >= 15 is 0 Å². The standard InChI is InChI=1S/C14H19N3/c1-9(2)12-8-16-17(14(12)15)13-7-10(3)5-6-11(13)4/h5-9H,15H2,1-4H3. The van der Waals surface area contributed by atoms with Gasteiger partial charge in [-0.25, -0.2) is 4.68 Å². The molecule has 2 rings (SSSR count). The Kier molecular flexibility index (Phi) is 2.92. The summed E-state index contributed by atoms with van der Waals surface area (Å²) in [5.74, 6) is 1.14. The number of benzene rings is 1. The molecule has 0 atom stereocenters. The summed E-state index contributed by atoms with van der Waals surface area (Å²) in [5.41, 5.74) is 10.7. The van der Waals surface area contributed by atoms with Gasteiger partial charge in [0, 0.05) is 5.56 Å². The van der Waals surface area contributed by atoms with Gasteiger partial charge >= 0.3 is 0 Å². The van der Waals surface area contributed by atoms with Crippen LogP contribution in [0.2, 0.25) is 0 Å². The van der Waals surface area contributed by atoms with Crippen LogP contribution in [0.15, 0.2) is 24.4 Å². The van der Waals surface area contributed by atoms with Crippen molar-refractivity contribution >= 4 is 5.82 Å². The summed E-state index contributed by atoms with van der Waals surface area (Å²) in [6.45, 7) is 8.40. The smallest absolute Gasteiger partial charge is 0.130 e. The van der Waals surface area contributed by atoms with E-state index < -0.39 is 0 Å². The van der Waals surface area contributed by atoms with E-state index in [1.165, 1.54) is 11.1 Å². The Balaban J connectivity index is 2.57. The molecule has 0 amide bonds. The third kappa shape index (κ3) is 2.05. The molecule has 1 heterocycles. The second-order valence-electron chi connectivity index (χ2n) is 4.84. The molecule has 0 aliphatic rings. The molecule has 1 aromatic heterocycles. The van der Waals surface area contributed by atoms with Crippen molar-refractivity contribution < 1.29 is 0 Å². The highest BCUT2D eigenvalue weighted by molar-refractivity contribution is 5.52. The van der Waals surface area contributed by atoms with Crippen molar-refractivity contribution in [3.05, 3.63) is 41.1 Å². The maximum absolute atomic E-state index is 6.16. The van der Waals surface area contributed by atoms with Gasteiger partial charge in [-0.15, -0.1) is 0 Å². The Hall–Kier alpha value is -1.77. The summed E-state index contributed by atoms with van der Waals surface area (Å²) in [4.78, 5) is 0. The average molecular weight is 229 g/mol. The Morgan fingerprint density at radius 2 is 1.94 bits per heavy atom. The van der Waals surface area contributed by atoms with Crippen molar-refractivity contribution in [2.75, 3.05) is 5.73 Å². The van der Waals surface area contributed by atoms with Crippen LogP contribution in [0.25, 0.3) is 5.69 Å². The van der Waals surface area contributed by atoms with Crippen LogP contribution in [0.3, 0.4) is 0 Å². The highest BCUT2D eigenvalue weighted by Crippen LogP contribution is 2.25. The Bertz CT molecular complexity index is 538. The normalized spacial score (nSPS) is 11.1.